The predicted molar refractivity (Wildman–Crippen MR) is 87.2 cm³/mol. The van der Waals surface area contributed by atoms with Crippen LogP contribution in [0.4, 0.5) is 10.8 Å². The van der Waals surface area contributed by atoms with Crippen LogP contribution in [0.3, 0.4) is 0 Å². The SMILES string of the molecule is CCCNc1nnc(C(=O)N(C)c2ccc(CC)cc2)s1. The molecule has 6 heteroatoms. The Labute approximate surface area is 129 Å². The second-order valence-electron chi connectivity index (χ2n) is 4.72. The molecule has 0 spiro atoms. The molecule has 0 aliphatic rings. The second kappa shape index (κ2) is 7.17. The Morgan fingerprint density at radius 1 is 1.24 bits per heavy atom. The van der Waals surface area contributed by atoms with Crippen LogP contribution in [-0.4, -0.2) is 29.7 Å². The molecule has 0 saturated carbocycles. The van der Waals surface area contributed by atoms with Gasteiger partial charge in [-0.1, -0.05) is 37.3 Å². The largest absolute Gasteiger partial charge is 0.360 e. The first kappa shape index (κ1) is 15.4. The minimum atomic E-state index is -0.138. The number of aryl methyl sites for hydroxylation is 1. The van der Waals surface area contributed by atoms with Gasteiger partial charge < -0.3 is 10.2 Å². The van der Waals surface area contributed by atoms with Gasteiger partial charge in [0.1, 0.15) is 0 Å². The third-order valence-corrected chi connectivity index (χ3v) is 4.04. The highest BCUT2D eigenvalue weighted by Crippen LogP contribution is 2.20. The Balaban J connectivity index is 2.08. The summed E-state index contributed by atoms with van der Waals surface area (Å²) in [6.45, 7) is 5.01. The number of hydrogen-bond acceptors (Lipinski definition) is 5. The average molecular weight is 304 g/mol. The van der Waals surface area contributed by atoms with Gasteiger partial charge in [-0.15, -0.1) is 10.2 Å². The van der Waals surface area contributed by atoms with E-state index in [-0.39, 0.29) is 5.91 Å². The van der Waals surface area contributed by atoms with Crippen molar-refractivity contribution in [3.8, 4) is 0 Å². The molecule has 0 aliphatic heterocycles. The number of hydrogen-bond donors (Lipinski definition) is 1. The third kappa shape index (κ3) is 3.78. The molecule has 1 amide bonds. The zero-order valence-corrected chi connectivity index (χ0v) is 13.4. The van der Waals surface area contributed by atoms with Crippen LogP contribution >= 0.6 is 11.3 Å². The highest BCUT2D eigenvalue weighted by atomic mass is 32.1. The van der Waals surface area contributed by atoms with Gasteiger partial charge in [-0.3, -0.25) is 4.79 Å². The summed E-state index contributed by atoms with van der Waals surface area (Å²) in [5.41, 5.74) is 2.11. The van der Waals surface area contributed by atoms with Crippen molar-refractivity contribution in [2.24, 2.45) is 0 Å². The first-order chi connectivity index (χ1) is 10.2. The van der Waals surface area contributed by atoms with E-state index in [1.54, 1.807) is 11.9 Å². The van der Waals surface area contributed by atoms with Crippen LogP contribution in [0.15, 0.2) is 24.3 Å². The highest BCUT2D eigenvalue weighted by molar-refractivity contribution is 7.17. The monoisotopic (exact) mass is 304 g/mol. The van der Waals surface area contributed by atoms with Crippen molar-refractivity contribution >= 4 is 28.1 Å². The van der Waals surface area contributed by atoms with Crippen molar-refractivity contribution < 1.29 is 4.79 Å². The Hall–Kier alpha value is -1.95. The normalized spacial score (nSPS) is 10.4. The van der Waals surface area contributed by atoms with Gasteiger partial charge in [0.15, 0.2) is 0 Å². The molecular weight excluding hydrogens is 284 g/mol. The first-order valence-electron chi connectivity index (χ1n) is 7.10. The van der Waals surface area contributed by atoms with Crippen LogP contribution in [0.1, 0.15) is 35.6 Å². The van der Waals surface area contributed by atoms with Gasteiger partial charge in [-0.05, 0) is 30.5 Å². The van der Waals surface area contributed by atoms with E-state index in [2.05, 4.69) is 29.4 Å². The maximum absolute atomic E-state index is 12.4. The molecule has 1 N–H and O–H groups in total. The van der Waals surface area contributed by atoms with E-state index in [1.807, 2.05) is 24.3 Å². The highest BCUT2D eigenvalue weighted by Gasteiger charge is 2.18. The quantitative estimate of drug-likeness (QED) is 0.890. The summed E-state index contributed by atoms with van der Waals surface area (Å²) < 4.78 is 0. The van der Waals surface area contributed by atoms with Crippen LogP contribution < -0.4 is 10.2 Å². The standard InChI is InChI=1S/C15H20N4OS/c1-4-10-16-15-18-17-13(21-15)14(20)19(3)12-8-6-11(5-2)7-9-12/h6-9H,4-5,10H2,1-3H3,(H,16,18). The molecule has 2 rings (SSSR count). The van der Waals surface area contributed by atoms with Gasteiger partial charge in [0.05, 0.1) is 0 Å². The van der Waals surface area contributed by atoms with Crippen LogP contribution in [0.5, 0.6) is 0 Å². The Morgan fingerprint density at radius 3 is 2.57 bits per heavy atom. The first-order valence-corrected chi connectivity index (χ1v) is 7.91. The van der Waals surface area contributed by atoms with Gasteiger partial charge in [0, 0.05) is 19.3 Å². The number of carbonyl (C=O) groups excluding carboxylic acids is 1. The average Bonchev–Trinajstić information content (AvgIpc) is 3.00. The molecule has 2 aromatic rings. The van der Waals surface area contributed by atoms with Gasteiger partial charge in [0.2, 0.25) is 10.1 Å². The number of benzene rings is 1. The number of nitrogens with zero attached hydrogens (tertiary/aromatic N) is 3. The van der Waals surface area contributed by atoms with Crippen LogP contribution in [0.2, 0.25) is 0 Å². The molecule has 21 heavy (non-hydrogen) atoms. The minimum absolute atomic E-state index is 0.138. The maximum Gasteiger partial charge on any atom is 0.289 e. The third-order valence-electron chi connectivity index (χ3n) is 3.17. The van der Waals surface area contributed by atoms with Crippen molar-refractivity contribution in [1.82, 2.24) is 10.2 Å². The topological polar surface area (TPSA) is 58.1 Å². The number of rotatable bonds is 6. The molecule has 0 fully saturated rings. The number of nitrogens with one attached hydrogen (secondary N) is 1. The Morgan fingerprint density at radius 2 is 1.95 bits per heavy atom. The summed E-state index contributed by atoms with van der Waals surface area (Å²) >= 11 is 1.29. The number of carbonyl (C=O) groups is 1. The molecular formula is C15H20N4OS. The second-order valence-corrected chi connectivity index (χ2v) is 5.70. The van der Waals surface area contributed by atoms with Gasteiger partial charge in [-0.25, -0.2) is 0 Å². The fourth-order valence-electron chi connectivity index (χ4n) is 1.83. The summed E-state index contributed by atoms with van der Waals surface area (Å²) in [5.74, 6) is -0.138. The van der Waals surface area contributed by atoms with Crippen molar-refractivity contribution in [1.29, 1.82) is 0 Å². The molecule has 5 nitrogen and oxygen atoms in total. The van der Waals surface area contributed by atoms with E-state index in [0.717, 1.165) is 25.1 Å². The lowest BCUT2D eigenvalue weighted by atomic mass is 10.1. The van der Waals surface area contributed by atoms with Crippen LogP contribution in [0.25, 0.3) is 0 Å². The van der Waals surface area contributed by atoms with Crippen LogP contribution in [-0.2, 0) is 6.42 Å². The van der Waals surface area contributed by atoms with Gasteiger partial charge in [-0.2, -0.15) is 0 Å². The number of anilines is 2. The summed E-state index contributed by atoms with van der Waals surface area (Å²) in [6, 6.07) is 7.98. The zero-order chi connectivity index (χ0) is 15.2. The fourth-order valence-corrected chi connectivity index (χ4v) is 2.57. The van der Waals surface area contributed by atoms with E-state index < -0.39 is 0 Å². The Bertz CT molecular complexity index is 594. The summed E-state index contributed by atoms with van der Waals surface area (Å²) in [5, 5.41) is 12.2. The molecule has 0 saturated heterocycles. The number of aromatic nitrogens is 2. The Kier molecular flexibility index (Phi) is 5.27. The number of amides is 1. The fraction of sp³-hybridized carbons (Fsp3) is 0.400. The van der Waals surface area contributed by atoms with Gasteiger partial charge in [0.25, 0.3) is 5.91 Å². The lowest BCUT2D eigenvalue weighted by Crippen LogP contribution is -2.26. The minimum Gasteiger partial charge on any atom is -0.360 e. The van der Waals surface area contributed by atoms with Crippen LogP contribution in [0, 0.1) is 0 Å². The molecule has 0 bridgehead atoms. The van der Waals surface area contributed by atoms with E-state index in [0.29, 0.717) is 10.1 Å². The zero-order valence-electron chi connectivity index (χ0n) is 12.6. The molecule has 1 aromatic heterocycles. The molecule has 0 atom stereocenters. The van der Waals surface area contributed by atoms with E-state index in [1.165, 1.54) is 16.9 Å². The summed E-state index contributed by atoms with van der Waals surface area (Å²) in [4.78, 5) is 14.0. The lowest BCUT2D eigenvalue weighted by Gasteiger charge is -2.15. The van der Waals surface area contributed by atoms with E-state index in [9.17, 15) is 4.79 Å². The molecule has 112 valence electrons. The molecule has 0 unspecified atom stereocenters. The molecule has 0 aliphatic carbocycles. The van der Waals surface area contributed by atoms with Crippen molar-refractivity contribution in [2.75, 3.05) is 23.8 Å². The summed E-state index contributed by atoms with van der Waals surface area (Å²) in [6.07, 6.45) is 1.99. The molecule has 0 radical (unpaired) electrons. The smallest absolute Gasteiger partial charge is 0.289 e. The predicted octanol–water partition coefficient (Wildman–Crippen LogP) is 3.20. The van der Waals surface area contributed by atoms with Crippen molar-refractivity contribution in [3.05, 3.63) is 34.8 Å². The van der Waals surface area contributed by atoms with E-state index in [4.69, 9.17) is 0 Å². The molecule has 1 heterocycles. The summed E-state index contributed by atoms with van der Waals surface area (Å²) in [7, 11) is 1.75. The maximum atomic E-state index is 12.4. The molecule has 1 aromatic carbocycles. The van der Waals surface area contributed by atoms with Crippen molar-refractivity contribution in [2.45, 2.75) is 26.7 Å². The van der Waals surface area contributed by atoms with Gasteiger partial charge >= 0.3 is 0 Å². The van der Waals surface area contributed by atoms with Crippen molar-refractivity contribution in [3.63, 3.8) is 0 Å². The lowest BCUT2D eigenvalue weighted by molar-refractivity contribution is 0.0992. The van der Waals surface area contributed by atoms with E-state index >= 15 is 0 Å².